The van der Waals surface area contributed by atoms with Crippen LogP contribution in [0.15, 0.2) is 0 Å². The molecule has 0 aromatic carbocycles. The highest BCUT2D eigenvalue weighted by Crippen LogP contribution is 2.21. The summed E-state index contributed by atoms with van der Waals surface area (Å²) in [7, 11) is 3.88. The molecule has 0 radical (unpaired) electrons. The summed E-state index contributed by atoms with van der Waals surface area (Å²) in [5.41, 5.74) is 0. The Bertz CT molecular complexity index is 910. The van der Waals surface area contributed by atoms with E-state index in [1.807, 2.05) is 19.0 Å². The van der Waals surface area contributed by atoms with Crippen LogP contribution >= 0.6 is 0 Å². The molecular weight excluding hydrogens is 695 g/mol. The quantitative estimate of drug-likeness (QED) is 0.0340. The first-order chi connectivity index (χ1) is 26.7. The highest BCUT2D eigenvalue weighted by molar-refractivity contribution is 5.72. The topological polar surface area (TPSA) is 108 Å². The molecule has 0 heterocycles. The zero-order chi connectivity index (χ0) is 40.6. The Kier molecular flexibility index (Phi) is 38.5. The number of esters is 4. The molecule has 0 saturated carbocycles. The Balaban J connectivity index is 4.51. The second-order valence-corrected chi connectivity index (χ2v) is 16.1. The van der Waals surface area contributed by atoms with E-state index in [0.717, 1.165) is 57.9 Å². The number of hydrogen-bond donors (Lipinski definition) is 0. The van der Waals surface area contributed by atoms with Crippen LogP contribution in [0.25, 0.3) is 0 Å². The van der Waals surface area contributed by atoms with Crippen molar-refractivity contribution in [2.45, 2.75) is 226 Å². The molecule has 55 heavy (non-hydrogen) atoms. The lowest BCUT2D eigenvalue weighted by molar-refractivity contribution is -0.167. The molecule has 9 heteroatoms. The maximum atomic E-state index is 12.9. The first-order valence-electron chi connectivity index (χ1n) is 23.0. The lowest BCUT2D eigenvalue weighted by atomic mass is 9.94. The minimum absolute atomic E-state index is 0.0426. The van der Waals surface area contributed by atoms with Crippen molar-refractivity contribution < 1.29 is 38.1 Å². The molecule has 0 rings (SSSR count). The molecular formula is C46H87NO8. The van der Waals surface area contributed by atoms with E-state index in [1.54, 1.807) is 0 Å². The van der Waals surface area contributed by atoms with Crippen LogP contribution in [0, 0.1) is 5.92 Å². The minimum atomic E-state index is -0.853. The SMILES string of the molecule is CCCCCCCCCCCCCCCC(=O)OC[C@H](COC(=O)CCCCOC(=O)C(CCCCCC)CCCCCCCC)OC(=O)CCCN(C)C. The van der Waals surface area contributed by atoms with Gasteiger partial charge in [-0.25, -0.2) is 0 Å². The normalized spacial score (nSPS) is 12.4. The van der Waals surface area contributed by atoms with Crippen molar-refractivity contribution in [2.24, 2.45) is 5.92 Å². The minimum Gasteiger partial charge on any atom is -0.465 e. The fourth-order valence-corrected chi connectivity index (χ4v) is 6.73. The van der Waals surface area contributed by atoms with E-state index in [-0.39, 0.29) is 50.5 Å². The molecule has 324 valence electrons. The molecule has 0 aliphatic carbocycles. The van der Waals surface area contributed by atoms with Gasteiger partial charge in [0.2, 0.25) is 0 Å². The van der Waals surface area contributed by atoms with Gasteiger partial charge in [-0.3, -0.25) is 19.2 Å². The predicted octanol–water partition coefficient (Wildman–Crippen LogP) is 11.9. The van der Waals surface area contributed by atoms with Crippen LogP contribution in [0.4, 0.5) is 0 Å². The van der Waals surface area contributed by atoms with Crippen LogP contribution in [0.2, 0.25) is 0 Å². The van der Waals surface area contributed by atoms with E-state index in [2.05, 4.69) is 20.8 Å². The fraction of sp³-hybridized carbons (Fsp3) is 0.913. The van der Waals surface area contributed by atoms with Gasteiger partial charge in [0.1, 0.15) is 13.2 Å². The summed E-state index contributed by atoms with van der Waals surface area (Å²) in [5, 5.41) is 0. The maximum Gasteiger partial charge on any atom is 0.308 e. The summed E-state index contributed by atoms with van der Waals surface area (Å²) < 4.78 is 22.1. The van der Waals surface area contributed by atoms with Crippen LogP contribution in [0.3, 0.4) is 0 Å². The molecule has 0 aliphatic rings. The van der Waals surface area contributed by atoms with Crippen molar-refractivity contribution in [3.05, 3.63) is 0 Å². The van der Waals surface area contributed by atoms with Gasteiger partial charge < -0.3 is 23.8 Å². The van der Waals surface area contributed by atoms with Gasteiger partial charge in [-0.2, -0.15) is 0 Å². The van der Waals surface area contributed by atoms with Crippen molar-refractivity contribution in [2.75, 3.05) is 40.5 Å². The van der Waals surface area contributed by atoms with Crippen LogP contribution in [0.1, 0.15) is 220 Å². The monoisotopic (exact) mass is 782 g/mol. The van der Waals surface area contributed by atoms with Gasteiger partial charge in [-0.15, -0.1) is 0 Å². The molecule has 2 atom stereocenters. The van der Waals surface area contributed by atoms with Crippen molar-refractivity contribution in [3.8, 4) is 0 Å². The third-order valence-corrected chi connectivity index (χ3v) is 10.3. The van der Waals surface area contributed by atoms with Crippen LogP contribution in [-0.4, -0.2) is 75.3 Å². The third-order valence-electron chi connectivity index (χ3n) is 10.3. The first kappa shape index (κ1) is 52.8. The van der Waals surface area contributed by atoms with E-state index in [4.69, 9.17) is 18.9 Å². The predicted molar refractivity (Wildman–Crippen MR) is 225 cm³/mol. The maximum absolute atomic E-state index is 12.9. The molecule has 0 saturated heterocycles. The van der Waals surface area contributed by atoms with Crippen LogP contribution in [-0.2, 0) is 38.1 Å². The molecule has 0 amide bonds. The van der Waals surface area contributed by atoms with Crippen molar-refractivity contribution in [3.63, 3.8) is 0 Å². The second kappa shape index (κ2) is 40.1. The molecule has 0 aromatic rings. The summed E-state index contributed by atoms with van der Waals surface area (Å²) in [6.45, 7) is 7.39. The smallest absolute Gasteiger partial charge is 0.308 e. The lowest BCUT2D eigenvalue weighted by Gasteiger charge is -2.18. The highest BCUT2D eigenvalue weighted by atomic mass is 16.6. The Labute approximate surface area is 338 Å². The van der Waals surface area contributed by atoms with Crippen molar-refractivity contribution in [1.29, 1.82) is 0 Å². The number of carbonyl (C=O) groups is 4. The van der Waals surface area contributed by atoms with E-state index >= 15 is 0 Å². The summed E-state index contributed by atoms with van der Waals surface area (Å²) in [4.78, 5) is 52.5. The van der Waals surface area contributed by atoms with Crippen LogP contribution in [0.5, 0.6) is 0 Å². The fourth-order valence-electron chi connectivity index (χ4n) is 6.73. The van der Waals surface area contributed by atoms with Gasteiger partial charge in [-0.05, 0) is 59.2 Å². The van der Waals surface area contributed by atoms with E-state index in [9.17, 15) is 19.2 Å². The lowest BCUT2D eigenvalue weighted by Crippen LogP contribution is -2.31. The molecule has 1 unspecified atom stereocenters. The largest absolute Gasteiger partial charge is 0.465 e. The van der Waals surface area contributed by atoms with Gasteiger partial charge in [-0.1, -0.05) is 162 Å². The van der Waals surface area contributed by atoms with E-state index in [1.165, 1.54) is 109 Å². The van der Waals surface area contributed by atoms with E-state index < -0.39 is 18.0 Å². The Morgan fingerprint density at radius 2 is 0.818 bits per heavy atom. The van der Waals surface area contributed by atoms with Gasteiger partial charge >= 0.3 is 23.9 Å². The zero-order valence-electron chi connectivity index (χ0n) is 36.6. The number of ether oxygens (including phenoxy) is 4. The summed E-state index contributed by atoms with van der Waals surface area (Å²) in [5.74, 6) is -1.30. The number of rotatable bonds is 41. The van der Waals surface area contributed by atoms with Crippen molar-refractivity contribution in [1.82, 2.24) is 4.90 Å². The van der Waals surface area contributed by atoms with Gasteiger partial charge in [0, 0.05) is 19.3 Å². The number of nitrogens with zero attached hydrogens (tertiary/aromatic N) is 1. The standard InChI is InChI=1S/C46H87NO8/c1-6-9-12-15-17-18-19-20-21-22-23-25-28-34-43(48)53-39-42(55-45(50)36-31-37-47(4)5)40-54-44(49)35-29-30-38-52-46(51)41(32-26-14-11-8-3)33-27-24-16-13-10-7-2/h41-42H,6-40H2,1-5H3/t41?,42-/m1/s1. The van der Waals surface area contributed by atoms with Gasteiger partial charge in [0.15, 0.2) is 6.10 Å². The Morgan fingerprint density at radius 1 is 0.436 bits per heavy atom. The highest BCUT2D eigenvalue weighted by Gasteiger charge is 2.21. The van der Waals surface area contributed by atoms with Gasteiger partial charge in [0.05, 0.1) is 12.5 Å². The Hall–Kier alpha value is -2.16. The first-order valence-corrected chi connectivity index (χ1v) is 23.0. The second-order valence-electron chi connectivity index (χ2n) is 16.1. The molecule has 0 N–H and O–H groups in total. The number of carbonyl (C=O) groups excluding carboxylic acids is 4. The molecule has 0 aromatic heterocycles. The molecule has 9 nitrogen and oxygen atoms in total. The summed E-state index contributed by atoms with van der Waals surface area (Å²) in [6.07, 6.45) is 31.2. The summed E-state index contributed by atoms with van der Waals surface area (Å²) in [6, 6.07) is 0. The summed E-state index contributed by atoms with van der Waals surface area (Å²) >= 11 is 0. The number of unbranched alkanes of at least 4 members (excludes halogenated alkanes) is 21. The average Bonchev–Trinajstić information content (AvgIpc) is 3.16. The zero-order valence-corrected chi connectivity index (χ0v) is 36.6. The average molecular weight is 782 g/mol. The Morgan fingerprint density at radius 3 is 1.27 bits per heavy atom. The van der Waals surface area contributed by atoms with Crippen LogP contribution < -0.4 is 0 Å². The molecule has 0 fully saturated rings. The number of hydrogen-bond acceptors (Lipinski definition) is 9. The van der Waals surface area contributed by atoms with Crippen molar-refractivity contribution >= 4 is 23.9 Å². The van der Waals surface area contributed by atoms with Gasteiger partial charge in [0.25, 0.3) is 0 Å². The molecule has 0 aliphatic heterocycles. The molecule has 0 spiro atoms. The van der Waals surface area contributed by atoms with E-state index in [0.29, 0.717) is 25.7 Å². The molecule has 0 bridgehead atoms. The third kappa shape index (κ3) is 37.2.